The zero-order chi connectivity index (χ0) is 13.0. The second kappa shape index (κ2) is 3.76. The van der Waals surface area contributed by atoms with Gasteiger partial charge in [-0.3, -0.25) is 0 Å². The molecule has 2 bridgehead atoms. The Kier molecular flexibility index (Phi) is 2.52. The molecule has 2 aliphatic carbocycles. The van der Waals surface area contributed by atoms with E-state index >= 15 is 0 Å². The van der Waals surface area contributed by atoms with Gasteiger partial charge < -0.3 is 5.11 Å². The van der Waals surface area contributed by atoms with Crippen LogP contribution in [-0.2, 0) is 6.42 Å². The molecule has 3 rings (SSSR count). The molecule has 1 aromatic rings. The molecule has 1 aromatic carbocycles. The number of phenolic OH excluding ortho intramolecular Hbond substituents is 1. The lowest BCUT2D eigenvalue weighted by Crippen LogP contribution is -2.33. The van der Waals surface area contributed by atoms with Crippen LogP contribution in [0.4, 0.5) is 0 Å². The van der Waals surface area contributed by atoms with Gasteiger partial charge in [-0.15, -0.1) is 0 Å². The van der Waals surface area contributed by atoms with E-state index < -0.39 is 0 Å². The van der Waals surface area contributed by atoms with Crippen LogP contribution in [-0.4, -0.2) is 5.11 Å². The van der Waals surface area contributed by atoms with E-state index in [4.69, 9.17) is 0 Å². The number of rotatable bonds is 2. The molecule has 0 radical (unpaired) electrons. The first-order valence-corrected chi connectivity index (χ1v) is 7.22. The monoisotopic (exact) mass is 244 g/mol. The Balaban J connectivity index is 1.86. The van der Waals surface area contributed by atoms with Crippen molar-refractivity contribution >= 4 is 0 Å². The molecule has 0 amide bonds. The maximum Gasteiger partial charge on any atom is 0.118 e. The third kappa shape index (κ3) is 1.46. The summed E-state index contributed by atoms with van der Waals surface area (Å²) in [5, 5.41) is 9.96. The van der Waals surface area contributed by atoms with E-state index in [9.17, 15) is 5.11 Å². The summed E-state index contributed by atoms with van der Waals surface area (Å²) in [6.45, 7) is 7.38. The average molecular weight is 244 g/mol. The minimum Gasteiger partial charge on any atom is -0.508 e. The average Bonchev–Trinajstić information content (AvgIpc) is 2.65. The Labute approximate surface area is 110 Å². The summed E-state index contributed by atoms with van der Waals surface area (Å²) in [4.78, 5) is 0. The Morgan fingerprint density at radius 3 is 2.50 bits per heavy atom. The summed E-state index contributed by atoms with van der Waals surface area (Å²) in [6.07, 6.45) is 5.16. The molecule has 2 fully saturated rings. The lowest BCUT2D eigenvalue weighted by molar-refractivity contribution is 0.102. The summed E-state index contributed by atoms with van der Waals surface area (Å²) in [5.74, 6) is 2.10. The van der Waals surface area contributed by atoms with Gasteiger partial charge in [-0.1, -0.05) is 39.0 Å². The predicted molar refractivity (Wildman–Crippen MR) is 74.5 cm³/mol. The molecule has 1 N–H and O–H groups in total. The van der Waals surface area contributed by atoms with Gasteiger partial charge in [0, 0.05) is 0 Å². The highest BCUT2D eigenvalue weighted by molar-refractivity contribution is 5.33. The fourth-order valence-corrected chi connectivity index (χ4v) is 4.63. The van der Waals surface area contributed by atoms with Crippen molar-refractivity contribution in [1.29, 1.82) is 0 Å². The first-order chi connectivity index (χ1) is 8.45. The number of hydrogen-bond donors (Lipinski definition) is 1. The number of phenols is 1. The normalized spacial score (nSPS) is 37.1. The smallest absolute Gasteiger partial charge is 0.118 e. The maximum absolute atomic E-state index is 9.96. The molecule has 0 aromatic heterocycles. The fourth-order valence-electron chi connectivity index (χ4n) is 4.63. The highest BCUT2D eigenvalue weighted by atomic mass is 16.3. The number of fused-ring (bicyclic) bond motifs is 2. The quantitative estimate of drug-likeness (QED) is 0.817. The maximum atomic E-state index is 9.96. The summed E-state index contributed by atoms with van der Waals surface area (Å²) >= 11 is 0. The van der Waals surface area contributed by atoms with Crippen LogP contribution < -0.4 is 0 Å². The molecule has 0 saturated heterocycles. The van der Waals surface area contributed by atoms with Crippen molar-refractivity contribution in [3.05, 3.63) is 29.8 Å². The van der Waals surface area contributed by atoms with Crippen molar-refractivity contribution in [3.8, 4) is 5.75 Å². The van der Waals surface area contributed by atoms with Crippen LogP contribution in [0.15, 0.2) is 24.3 Å². The Bertz CT molecular complexity index is 462. The van der Waals surface area contributed by atoms with E-state index in [-0.39, 0.29) is 0 Å². The van der Waals surface area contributed by atoms with Crippen molar-refractivity contribution in [2.75, 3.05) is 0 Å². The second-order valence-electron chi connectivity index (χ2n) is 7.14. The van der Waals surface area contributed by atoms with Gasteiger partial charge in [0.05, 0.1) is 0 Å². The first kappa shape index (κ1) is 12.1. The lowest BCUT2D eigenvalue weighted by Gasteiger charge is -2.39. The van der Waals surface area contributed by atoms with Crippen LogP contribution in [0.2, 0.25) is 0 Å². The van der Waals surface area contributed by atoms with E-state index in [1.54, 1.807) is 0 Å². The number of hydrogen-bond acceptors (Lipinski definition) is 1. The number of para-hydroxylation sites is 1. The van der Waals surface area contributed by atoms with E-state index in [0.29, 0.717) is 16.6 Å². The van der Waals surface area contributed by atoms with Crippen molar-refractivity contribution < 1.29 is 5.11 Å². The molecule has 0 heterocycles. The molecule has 18 heavy (non-hydrogen) atoms. The summed E-state index contributed by atoms with van der Waals surface area (Å²) in [6, 6.07) is 7.84. The molecular formula is C17H24O. The van der Waals surface area contributed by atoms with Crippen molar-refractivity contribution in [1.82, 2.24) is 0 Å². The van der Waals surface area contributed by atoms with Crippen LogP contribution in [0.1, 0.15) is 45.6 Å². The molecule has 98 valence electrons. The molecule has 1 heteroatoms. The minimum atomic E-state index is 0.458. The minimum absolute atomic E-state index is 0.458. The topological polar surface area (TPSA) is 20.2 Å². The van der Waals surface area contributed by atoms with E-state index in [0.717, 1.165) is 23.8 Å². The van der Waals surface area contributed by atoms with E-state index in [1.165, 1.54) is 19.3 Å². The first-order valence-electron chi connectivity index (χ1n) is 7.22. The Morgan fingerprint density at radius 1 is 1.22 bits per heavy atom. The van der Waals surface area contributed by atoms with Crippen LogP contribution in [0.5, 0.6) is 5.75 Å². The van der Waals surface area contributed by atoms with E-state index in [2.05, 4.69) is 26.8 Å². The van der Waals surface area contributed by atoms with Crippen molar-refractivity contribution in [2.24, 2.45) is 22.7 Å². The van der Waals surface area contributed by atoms with Crippen molar-refractivity contribution in [3.63, 3.8) is 0 Å². The standard InChI is InChI=1S/C17H24O/c1-16(2)13-8-9-17(16,3)14(11-13)10-12-6-4-5-7-15(12)18/h4-7,13-14,18H,8-11H2,1-3H3. The van der Waals surface area contributed by atoms with Gasteiger partial charge in [-0.25, -0.2) is 0 Å². The molecule has 0 spiro atoms. The highest BCUT2D eigenvalue weighted by Crippen LogP contribution is 2.68. The van der Waals surface area contributed by atoms with Crippen LogP contribution in [0, 0.1) is 22.7 Å². The van der Waals surface area contributed by atoms with Gasteiger partial charge in [0.2, 0.25) is 0 Å². The molecule has 2 saturated carbocycles. The molecular weight excluding hydrogens is 220 g/mol. The highest BCUT2D eigenvalue weighted by Gasteiger charge is 2.60. The van der Waals surface area contributed by atoms with Gasteiger partial charge in [0.15, 0.2) is 0 Å². The Morgan fingerprint density at radius 2 is 1.94 bits per heavy atom. The third-order valence-electron chi connectivity index (χ3n) is 6.43. The molecule has 3 atom stereocenters. The van der Waals surface area contributed by atoms with Gasteiger partial charge in [-0.05, 0) is 60.0 Å². The second-order valence-corrected chi connectivity index (χ2v) is 7.14. The van der Waals surface area contributed by atoms with Crippen LogP contribution in [0.25, 0.3) is 0 Å². The van der Waals surface area contributed by atoms with Gasteiger partial charge in [-0.2, -0.15) is 0 Å². The molecule has 2 aliphatic rings. The lowest BCUT2D eigenvalue weighted by atomic mass is 9.65. The predicted octanol–water partition coefficient (Wildman–Crippen LogP) is 4.40. The summed E-state index contributed by atoms with van der Waals surface area (Å²) in [7, 11) is 0. The largest absolute Gasteiger partial charge is 0.508 e. The van der Waals surface area contributed by atoms with Crippen molar-refractivity contribution in [2.45, 2.75) is 46.5 Å². The number of aromatic hydroxyl groups is 1. The molecule has 0 aliphatic heterocycles. The fraction of sp³-hybridized carbons (Fsp3) is 0.647. The summed E-state index contributed by atoms with van der Waals surface area (Å²) < 4.78 is 0. The zero-order valence-electron chi connectivity index (χ0n) is 11.7. The zero-order valence-corrected chi connectivity index (χ0v) is 11.7. The molecule has 1 nitrogen and oxygen atoms in total. The van der Waals surface area contributed by atoms with Crippen LogP contribution in [0.3, 0.4) is 0 Å². The van der Waals surface area contributed by atoms with Gasteiger partial charge in [0.25, 0.3) is 0 Å². The SMILES string of the molecule is CC1(C)C2CCC1(C)C(Cc1ccccc1O)C2. The molecule has 3 unspecified atom stereocenters. The van der Waals surface area contributed by atoms with E-state index in [1.807, 2.05) is 18.2 Å². The Hall–Kier alpha value is -0.980. The van der Waals surface area contributed by atoms with Gasteiger partial charge >= 0.3 is 0 Å². The third-order valence-corrected chi connectivity index (χ3v) is 6.43. The number of benzene rings is 1. The van der Waals surface area contributed by atoms with Crippen LogP contribution >= 0.6 is 0 Å². The summed E-state index contributed by atoms with van der Waals surface area (Å²) in [5.41, 5.74) is 2.06. The van der Waals surface area contributed by atoms with Gasteiger partial charge in [0.1, 0.15) is 5.75 Å².